The van der Waals surface area contributed by atoms with Crippen LogP contribution in [0, 0.1) is 0 Å². The van der Waals surface area contributed by atoms with E-state index in [9.17, 15) is 5.11 Å². The van der Waals surface area contributed by atoms with Crippen molar-refractivity contribution in [2.24, 2.45) is 0 Å². The van der Waals surface area contributed by atoms with Crippen molar-refractivity contribution >= 4 is 13.9 Å². The van der Waals surface area contributed by atoms with Crippen LogP contribution in [0.1, 0.15) is 46.6 Å². The molecule has 0 amide bonds. The molecule has 1 atom stereocenters. The molecule has 21 heavy (non-hydrogen) atoms. The van der Waals surface area contributed by atoms with Gasteiger partial charge in [0.25, 0.3) is 0 Å². The van der Waals surface area contributed by atoms with Gasteiger partial charge in [-0.3, -0.25) is 0 Å². The van der Waals surface area contributed by atoms with Crippen LogP contribution < -0.4 is 4.43 Å². The molecule has 0 aliphatic rings. The van der Waals surface area contributed by atoms with Gasteiger partial charge in [0.15, 0.2) is 0 Å². The summed E-state index contributed by atoms with van der Waals surface area (Å²) in [5.41, 5.74) is 2.32. The van der Waals surface area contributed by atoms with Crippen LogP contribution in [0.3, 0.4) is 0 Å². The second kappa shape index (κ2) is 6.80. The van der Waals surface area contributed by atoms with Gasteiger partial charge in [0.1, 0.15) is 5.75 Å². The monoisotopic (exact) mass is 306 g/mol. The molecule has 0 bridgehead atoms. The maximum Gasteiger partial charge on any atom is 0.250 e. The molecule has 0 aromatic heterocycles. The third kappa shape index (κ3) is 5.01. The SMILES string of the molecule is C/C=C(\CC(C)O)c1ccc(O[Si](C)(C)C(C)(C)C)cc1. The molecule has 1 aromatic carbocycles. The van der Waals surface area contributed by atoms with Crippen molar-refractivity contribution in [3.63, 3.8) is 0 Å². The van der Waals surface area contributed by atoms with Gasteiger partial charge in [0.2, 0.25) is 8.32 Å². The predicted molar refractivity (Wildman–Crippen MR) is 94.2 cm³/mol. The topological polar surface area (TPSA) is 29.5 Å². The first-order chi connectivity index (χ1) is 9.56. The molecule has 0 heterocycles. The lowest BCUT2D eigenvalue weighted by atomic mass is 10.0. The Bertz CT molecular complexity index is 479. The first-order valence-corrected chi connectivity index (χ1v) is 10.6. The van der Waals surface area contributed by atoms with Crippen LogP contribution in [0.2, 0.25) is 18.1 Å². The molecule has 1 rings (SSSR count). The van der Waals surface area contributed by atoms with Crippen LogP contribution in [0.25, 0.3) is 5.57 Å². The lowest BCUT2D eigenvalue weighted by Gasteiger charge is -2.36. The molecule has 1 aromatic rings. The van der Waals surface area contributed by atoms with E-state index >= 15 is 0 Å². The first-order valence-electron chi connectivity index (χ1n) is 7.69. The van der Waals surface area contributed by atoms with Crippen molar-refractivity contribution in [3.8, 4) is 5.75 Å². The standard InChI is InChI=1S/C18H30O2Si/c1-8-15(13-14(2)19)16-9-11-17(12-10-16)20-21(6,7)18(3,4)5/h8-12,14,19H,13H2,1-7H3/b15-8+. The van der Waals surface area contributed by atoms with E-state index in [0.717, 1.165) is 11.3 Å². The highest BCUT2D eigenvalue weighted by atomic mass is 28.4. The van der Waals surface area contributed by atoms with Crippen LogP contribution in [-0.4, -0.2) is 19.5 Å². The summed E-state index contributed by atoms with van der Waals surface area (Å²) in [5, 5.41) is 9.75. The Morgan fingerprint density at radius 2 is 1.76 bits per heavy atom. The Morgan fingerprint density at radius 1 is 1.24 bits per heavy atom. The number of aliphatic hydroxyl groups is 1. The average Bonchev–Trinajstić information content (AvgIpc) is 2.35. The van der Waals surface area contributed by atoms with Gasteiger partial charge in [0, 0.05) is 0 Å². The molecular weight excluding hydrogens is 276 g/mol. The fourth-order valence-electron chi connectivity index (χ4n) is 1.91. The molecule has 1 unspecified atom stereocenters. The van der Waals surface area contributed by atoms with Gasteiger partial charge in [-0.25, -0.2) is 0 Å². The van der Waals surface area contributed by atoms with Crippen LogP contribution in [0.4, 0.5) is 0 Å². The van der Waals surface area contributed by atoms with Gasteiger partial charge in [-0.1, -0.05) is 39.0 Å². The van der Waals surface area contributed by atoms with Crippen LogP contribution in [-0.2, 0) is 0 Å². The quantitative estimate of drug-likeness (QED) is 0.753. The van der Waals surface area contributed by atoms with Gasteiger partial charge in [0.05, 0.1) is 6.10 Å². The minimum Gasteiger partial charge on any atom is -0.544 e. The largest absolute Gasteiger partial charge is 0.544 e. The Kier molecular flexibility index (Phi) is 5.82. The van der Waals surface area contributed by atoms with E-state index in [2.05, 4.69) is 52.1 Å². The molecule has 1 N–H and O–H groups in total. The summed E-state index contributed by atoms with van der Waals surface area (Å²) in [5.74, 6) is 0.942. The highest BCUT2D eigenvalue weighted by molar-refractivity contribution is 6.74. The second-order valence-electron chi connectivity index (χ2n) is 7.25. The fraction of sp³-hybridized carbons (Fsp3) is 0.556. The summed E-state index contributed by atoms with van der Waals surface area (Å²) >= 11 is 0. The van der Waals surface area contributed by atoms with E-state index in [1.807, 2.05) is 26.0 Å². The molecule has 118 valence electrons. The van der Waals surface area contributed by atoms with Crippen molar-refractivity contribution in [2.45, 2.75) is 65.3 Å². The number of hydrogen-bond donors (Lipinski definition) is 1. The summed E-state index contributed by atoms with van der Waals surface area (Å²) in [6.07, 6.45) is 2.43. The molecule has 0 spiro atoms. The second-order valence-corrected chi connectivity index (χ2v) is 12.0. The lowest BCUT2D eigenvalue weighted by Crippen LogP contribution is -2.43. The molecule has 0 saturated heterocycles. The summed E-state index contributed by atoms with van der Waals surface area (Å²) in [4.78, 5) is 0. The summed E-state index contributed by atoms with van der Waals surface area (Å²) in [6.45, 7) is 15.1. The molecule has 0 aliphatic carbocycles. The Hall–Kier alpha value is -1.06. The van der Waals surface area contributed by atoms with Gasteiger partial charge in [-0.05, 0) is 61.7 Å². The summed E-state index contributed by atoms with van der Waals surface area (Å²) < 4.78 is 6.29. The van der Waals surface area contributed by atoms with Gasteiger partial charge < -0.3 is 9.53 Å². The van der Waals surface area contributed by atoms with Crippen molar-refractivity contribution in [2.75, 3.05) is 0 Å². The van der Waals surface area contributed by atoms with Crippen molar-refractivity contribution in [1.29, 1.82) is 0 Å². The Balaban J connectivity index is 2.88. The Morgan fingerprint density at radius 3 is 2.14 bits per heavy atom. The van der Waals surface area contributed by atoms with Crippen molar-refractivity contribution < 1.29 is 9.53 Å². The van der Waals surface area contributed by atoms with E-state index in [-0.39, 0.29) is 11.1 Å². The normalized spacial score (nSPS) is 15.0. The summed E-state index contributed by atoms with van der Waals surface area (Å²) in [6, 6.07) is 8.25. The molecular formula is C18H30O2Si. The predicted octanol–water partition coefficient (Wildman–Crippen LogP) is 5.24. The highest BCUT2D eigenvalue weighted by Gasteiger charge is 2.38. The van der Waals surface area contributed by atoms with Crippen molar-refractivity contribution in [1.82, 2.24) is 0 Å². The number of benzene rings is 1. The van der Waals surface area contributed by atoms with E-state index in [4.69, 9.17) is 4.43 Å². The zero-order valence-corrected chi connectivity index (χ0v) is 15.5. The zero-order chi connectivity index (χ0) is 16.3. The maximum absolute atomic E-state index is 9.55. The van der Waals surface area contributed by atoms with Crippen LogP contribution >= 0.6 is 0 Å². The smallest absolute Gasteiger partial charge is 0.250 e. The van der Waals surface area contributed by atoms with Gasteiger partial charge in [-0.2, -0.15) is 0 Å². The number of hydrogen-bond acceptors (Lipinski definition) is 2. The van der Waals surface area contributed by atoms with E-state index in [0.29, 0.717) is 6.42 Å². The van der Waals surface area contributed by atoms with Gasteiger partial charge >= 0.3 is 0 Å². The molecule has 2 nitrogen and oxygen atoms in total. The van der Waals surface area contributed by atoms with E-state index < -0.39 is 8.32 Å². The maximum atomic E-state index is 9.55. The highest BCUT2D eigenvalue weighted by Crippen LogP contribution is 2.37. The van der Waals surface area contributed by atoms with Crippen molar-refractivity contribution in [3.05, 3.63) is 35.9 Å². The molecule has 0 saturated carbocycles. The van der Waals surface area contributed by atoms with E-state index in [1.54, 1.807) is 0 Å². The lowest BCUT2D eigenvalue weighted by molar-refractivity contribution is 0.201. The Labute approximate surface area is 131 Å². The molecule has 0 fully saturated rings. The fourth-order valence-corrected chi connectivity index (χ4v) is 2.94. The summed E-state index contributed by atoms with van der Waals surface area (Å²) in [7, 11) is -1.78. The third-order valence-electron chi connectivity index (χ3n) is 4.27. The zero-order valence-electron chi connectivity index (χ0n) is 14.5. The van der Waals surface area contributed by atoms with Gasteiger partial charge in [-0.15, -0.1) is 0 Å². The van der Waals surface area contributed by atoms with Crippen LogP contribution in [0.5, 0.6) is 5.75 Å². The number of allylic oxidation sites excluding steroid dienone is 1. The molecule has 0 radical (unpaired) electrons. The first kappa shape index (κ1) is 18.0. The number of aliphatic hydroxyl groups excluding tert-OH is 1. The minimum absolute atomic E-state index is 0.201. The number of rotatable bonds is 5. The third-order valence-corrected chi connectivity index (χ3v) is 8.63. The molecule has 3 heteroatoms. The van der Waals surface area contributed by atoms with E-state index in [1.165, 1.54) is 5.57 Å². The molecule has 0 aliphatic heterocycles. The minimum atomic E-state index is -1.78. The average molecular weight is 307 g/mol. The van der Waals surface area contributed by atoms with Crippen LogP contribution in [0.15, 0.2) is 30.3 Å².